The number of benzene rings is 2. The van der Waals surface area contributed by atoms with E-state index in [1.54, 1.807) is 0 Å². The van der Waals surface area contributed by atoms with Crippen molar-refractivity contribution < 1.29 is 9.53 Å². The number of carbonyl (C=O) groups is 1. The second kappa shape index (κ2) is 6.73. The fraction of sp³-hybridized carbons (Fsp3) is 0.133. The molecule has 19 heavy (non-hydrogen) atoms. The number of rotatable bonds is 5. The van der Waals surface area contributed by atoms with E-state index in [0.717, 1.165) is 27.6 Å². The highest BCUT2D eigenvalue weighted by atomic mass is 79.9. The van der Waals surface area contributed by atoms with Crippen LogP contribution in [0.3, 0.4) is 0 Å². The van der Waals surface area contributed by atoms with Crippen molar-refractivity contribution in [2.75, 3.05) is 0 Å². The Kier molecular flexibility index (Phi) is 5.00. The van der Waals surface area contributed by atoms with Crippen LogP contribution in [0.15, 0.2) is 46.9 Å². The van der Waals surface area contributed by atoms with Crippen LogP contribution in [0.25, 0.3) is 0 Å². The molecule has 0 atom stereocenters. The topological polar surface area (TPSA) is 26.3 Å². The summed E-state index contributed by atoms with van der Waals surface area (Å²) in [4.78, 5) is 10.5. The second-order valence-corrected chi connectivity index (χ2v) is 5.33. The molecule has 0 unspecified atom stereocenters. The van der Waals surface area contributed by atoms with Crippen molar-refractivity contribution in [2.24, 2.45) is 0 Å². The van der Waals surface area contributed by atoms with Gasteiger partial charge in [0.2, 0.25) is 0 Å². The van der Waals surface area contributed by atoms with Gasteiger partial charge in [-0.15, -0.1) is 0 Å². The predicted octanol–water partition coefficient (Wildman–Crippen LogP) is 4.42. The van der Waals surface area contributed by atoms with Crippen LogP contribution in [-0.2, 0) is 17.8 Å². The van der Waals surface area contributed by atoms with E-state index in [9.17, 15) is 4.79 Å². The van der Waals surface area contributed by atoms with Crippen molar-refractivity contribution in [3.05, 3.63) is 63.1 Å². The Morgan fingerprint density at radius 1 is 1.21 bits per heavy atom. The minimum absolute atomic E-state index is 0.405. The van der Waals surface area contributed by atoms with E-state index in [4.69, 9.17) is 16.3 Å². The highest BCUT2D eigenvalue weighted by Gasteiger charge is 2.02. The first-order valence-corrected chi connectivity index (χ1v) is 6.95. The van der Waals surface area contributed by atoms with Crippen molar-refractivity contribution in [1.29, 1.82) is 0 Å². The molecule has 0 fully saturated rings. The maximum absolute atomic E-state index is 10.5. The highest BCUT2D eigenvalue weighted by molar-refractivity contribution is 9.10. The van der Waals surface area contributed by atoms with Gasteiger partial charge < -0.3 is 9.53 Å². The van der Waals surface area contributed by atoms with Crippen LogP contribution in [0.1, 0.15) is 11.1 Å². The number of carbonyl (C=O) groups excluding carboxylic acids is 1. The summed E-state index contributed by atoms with van der Waals surface area (Å²) in [5, 5.41) is 0.684. The van der Waals surface area contributed by atoms with Crippen LogP contribution in [0.2, 0.25) is 5.02 Å². The average molecular weight is 340 g/mol. The summed E-state index contributed by atoms with van der Waals surface area (Å²) in [5.41, 5.74) is 1.97. The van der Waals surface area contributed by atoms with E-state index >= 15 is 0 Å². The Labute approximate surface area is 125 Å². The summed E-state index contributed by atoms with van der Waals surface area (Å²) in [6.45, 7) is 0.447. The van der Waals surface area contributed by atoms with Crippen LogP contribution in [0.4, 0.5) is 0 Å². The maximum atomic E-state index is 10.5. The second-order valence-electron chi connectivity index (χ2n) is 4.04. The Morgan fingerprint density at radius 2 is 2.05 bits per heavy atom. The van der Waals surface area contributed by atoms with Crippen molar-refractivity contribution in [1.82, 2.24) is 0 Å². The molecule has 0 aromatic heterocycles. The molecule has 0 bridgehead atoms. The third kappa shape index (κ3) is 4.08. The molecule has 0 aliphatic carbocycles. The van der Waals surface area contributed by atoms with E-state index in [-0.39, 0.29) is 0 Å². The number of ether oxygens (including phenoxy) is 1. The van der Waals surface area contributed by atoms with Gasteiger partial charge >= 0.3 is 0 Å². The van der Waals surface area contributed by atoms with Gasteiger partial charge in [-0.3, -0.25) is 0 Å². The van der Waals surface area contributed by atoms with Crippen LogP contribution >= 0.6 is 27.5 Å². The van der Waals surface area contributed by atoms with E-state index in [0.29, 0.717) is 18.1 Å². The van der Waals surface area contributed by atoms with E-state index in [2.05, 4.69) is 15.9 Å². The van der Waals surface area contributed by atoms with Crippen LogP contribution in [-0.4, -0.2) is 6.29 Å². The van der Waals surface area contributed by atoms with Gasteiger partial charge in [0.05, 0.1) is 0 Å². The maximum Gasteiger partial charge on any atom is 0.124 e. The van der Waals surface area contributed by atoms with Gasteiger partial charge in [-0.2, -0.15) is 0 Å². The zero-order valence-corrected chi connectivity index (χ0v) is 12.4. The fourth-order valence-electron chi connectivity index (χ4n) is 1.66. The third-order valence-electron chi connectivity index (χ3n) is 2.63. The monoisotopic (exact) mass is 338 g/mol. The number of halogens is 2. The number of aldehydes is 1. The van der Waals surface area contributed by atoms with E-state index in [1.165, 1.54) is 0 Å². The lowest BCUT2D eigenvalue weighted by molar-refractivity contribution is -0.107. The first-order chi connectivity index (χ1) is 9.19. The molecule has 0 aliphatic heterocycles. The molecule has 0 saturated heterocycles. The summed E-state index contributed by atoms with van der Waals surface area (Å²) in [7, 11) is 0. The molecule has 2 rings (SSSR count). The summed E-state index contributed by atoms with van der Waals surface area (Å²) in [6.07, 6.45) is 1.29. The third-order valence-corrected chi connectivity index (χ3v) is 3.60. The van der Waals surface area contributed by atoms with Crippen molar-refractivity contribution >= 4 is 33.8 Å². The lowest BCUT2D eigenvalue weighted by Crippen LogP contribution is -1.97. The van der Waals surface area contributed by atoms with Gasteiger partial charge in [0, 0.05) is 21.5 Å². The van der Waals surface area contributed by atoms with Gasteiger partial charge in [0.15, 0.2) is 0 Å². The molecule has 0 aliphatic rings. The van der Waals surface area contributed by atoms with Gasteiger partial charge in [-0.25, -0.2) is 0 Å². The van der Waals surface area contributed by atoms with Crippen molar-refractivity contribution in [3.8, 4) is 5.75 Å². The molecule has 0 radical (unpaired) electrons. The van der Waals surface area contributed by atoms with Crippen molar-refractivity contribution in [2.45, 2.75) is 13.0 Å². The molecule has 98 valence electrons. The standard InChI is InChI=1S/C15H12BrClO2/c16-15-9-13(17)5-4-12(15)10-19-14-3-1-2-11(8-14)6-7-18/h1-5,7-9H,6,10H2. The molecular formula is C15H12BrClO2. The summed E-state index contributed by atoms with van der Waals surface area (Å²) in [6, 6.07) is 13.1. The van der Waals surface area contributed by atoms with Gasteiger partial charge in [0.25, 0.3) is 0 Å². The normalized spacial score (nSPS) is 10.2. The molecule has 0 N–H and O–H groups in total. The zero-order valence-electron chi connectivity index (χ0n) is 10.1. The molecule has 2 aromatic carbocycles. The molecular weight excluding hydrogens is 328 g/mol. The quantitative estimate of drug-likeness (QED) is 0.754. The zero-order chi connectivity index (χ0) is 13.7. The molecule has 0 amide bonds. The fourth-order valence-corrected chi connectivity index (χ4v) is 2.46. The minimum Gasteiger partial charge on any atom is -0.489 e. The average Bonchev–Trinajstić information content (AvgIpc) is 2.38. The molecule has 0 heterocycles. The van der Waals surface area contributed by atoms with Crippen LogP contribution in [0, 0.1) is 0 Å². The molecule has 0 saturated carbocycles. The Morgan fingerprint density at radius 3 is 2.79 bits per heavy atom. The molecule has 0 spiro atoms. The first kappa shape index (κ1) is 14.1. The summed E-state index contributed by atoms with van der Waals surface area (Å²) >= 11 is 9.33. The van der Waals surface area contributed by atoms with Crippen molar-refractivity contribution in [3.63, 3.8) is 0 Å². The Bertz CT molecular complexity index is 584. The van der Waals surface area contributed by atoms with Crippen LogP contribution < -0.4 is 4.74 Å². The van der Waals surface area contributed by atoms with Gasteiger partial charge in [0.1, 0.15) is 18.6 Å². The Hall–Kier alpha value is -1.32. The van der Waals surface area contributed by atoms with Gasteiger partial charge in [-0.05, 0) is 29.8 Å². The minimum atomic E-state index is 0.405. The molecule has 2 nitrogen and oxygen atoms in total. The summed E-state index contributed by atoms with van der Waals surface area (Å²) in [5.74, 6) is 0.751. The highest BCUT2D eigenvalue weighted by Crippen LogP contribution is 2.23. The summed E-state index contributed by atoms with van der Waals surface area (Å²) < 4.78 is 6.63. The van der Waals surface area contributed by atoms with E-state index < -0.39 is 0 Å². The number of hydrogen-bond acceptors (Lipinski definition) is 2. The predicted molar refractivity (Wildman–Crippen MR) is 79.7 cm³/mol. The smallest absolute Gasteiger partial charge is 0.124 e. The van der Waals surface area contributed by atoms with E-state index in [1.807, 2.05) is 42.5 Å². The van der Waals surface area contributed by atoms with Crippen LogP contribution in [0.5, 0.6) is 5.75 Å². The largest absolute Gasteiger partial charge is 0.489 e. The Balaban J connectivity index is 2.05. The number of hydrogen-bond donors (Lipinski definition) is 0. The SMILES string of the molecule is O=CCc1cccc(OCc2ccc(Cl)cc2Br)c1. The first-order valence-electron chi connectivity index (χ1n) is 5.78. The molecule has 4 heteroatoms. The lowest BCUT2D eigenvalue weighted by Gasteiger charge is -2.09. The lowest BCUT2D eigenvalue weighted by atomic mass is 10.1. The van der Waals surface area contributed by atoms with Gasteiger partial charge in [-0.1, -0.05) is 45.7 Å². The molecule has 2 aromatic rings.